The average molecular weight is 298 g/mol. The van der Waals surface area contributed by atoms with E-state index in [1.165, 1.54) is 0 Å². The van der Waals surface area contributed by atoms with Gasteiger partial charge in [-0.3, -0.25) is 0 Å². The first-order valence-electron chi connectivity index (χ1n) is 2.21. The fraction of sp³-hybridized carbons (Fsp3) is 0. The number of aliphatic carboxylic acids is 4. The summed E-state index contributed by atoms with van der Waals surface area (Å²) in [6, 6.07) is 0. The molecule has 0 saturated carbocycles. The summed E-state index contributed by atoms with van der Waals surface area (Å²) in [6.45, 7) is 0. The van der Waals surface area contributed by atoms with Crippen molar-refractivity contribution in [2.45, 2.75) is 0 Å². The Balaban J connectivity index is -0.0000000625. The smallest absolute Gasteiger partial charge is 0.414 e. The number of hydrogen-bond acceptors (Lipinski definition) is 4. The Kier molecular flexibility index (Phi) is 19.6. The molecule has 0 heterocycles. The molecule has 4 N–H and O–H groups in total. The number of carbonyl (C=O) groups is 4. The van der Waals surface area contributed by atoms with Crippen LogP contribution in [-0.4, -0.2) is 44.3 Å². The molecule has 0 atom stereocenters. The molecule has 10 heteroatoms. The fourth-order valence-electron chi connectivity index (χ4n) is 0. The van der Waals surface area contributed by atoms with E-state index in [1.54, 1.807) is 0 Å². The monoisotopic (exact) mass is 298 g/mol. The molecule has 14 heavy (non-hydrogen) atoms. The summed E-state index contributed by atoms with van der Waals surface area (Å²) >= 11 is 0. The van der Waals surface area contributed by atoms with Crippen LogP contribution < -0.4 is 0 Å². The maximum Gasteiger partial charge on any atom is 0.414 e. The molecule has 0 aliphatic rings. The van der Waals surface area contributed by atoms with Crippen molar-refractivity contribution >= 4 is 23.9 Å². The summed E-state index contributed by atoms with van der Waals surface area (Å²) in [5.41, 5.74) is 0. The number of carboxylic acid groups (broad SMARTS) is 4. The van der Waals surface area contributed by atoms with Gasteiger partial charge < -0.3 is 20.4 Å². The molecule has 86 valence electrons. The minimum absolute atomic E-state index is 0. The molecule has 8 nitrogen and oxygen atoms in total. The Morgan fingerprint density at radius 1 is 0.500 bits per heavy atom. The van der Waals surface area contributed by atoms with Gasteiger partial charge in [0.2, 0.25) is 0 Å². The second-order valence-electron chi connectivity index (χ2n) is 1.22. The number of hydrogen-bond donors (Lipinski definition) is 4. The molecular weight excluding hydrogens is 294 g/mol. The molecule has 0 aliphatic carbocycles. The van der Waals surface area contributed by atoms with Crippen molar-refractivity contribution in [1.29, 1.82) is 0 Å². The van der Waals surface area contributed by atoms with Gasteiger partial charge in [0.1, 0.15) is 0 Å². The molecule has 0 fully saturated rings. The zero-order chi connectivity index (χ0) is 10.3. The van der Waals surface area contributed by atoms with E-state index in [0.717, 1.165) is 0 Å². The molecule has 0 bridgehead atoms. The molecule has 0 aromatic carbocycles. The van der Waals surface area contributed by atoms with Crippen molar-refractivity contribution in [1.82, 2.24) is 0 Å². The van der Waals surface area contributed by atoms with Gasteiger partial charge in [0.25, 0.3) is 0 Å². The Labute approximate surface area is 97.3 Å². The molecule has 0 unspecified atom stereocenters. The maximum absolute atomic E-state index is 9.10. The van der Waals surface area contributed by atoms with Gasteiger partial charge in [-0.1, -0.05) is 0 Å². The topological polar surface area (TPSA) is 149 Å². The van der Waals surface area contributed by atoms with Crippen LogP contribution in [0.25, 0.3) is 0 Å². The van der Waals surface area contributed by atoms with Crippen LogP contribution in [0, 0.1) is 0 Å². The van der Waals surface area contributed by atoms with Crippen LogP contribution in [0.2, 0.25) is 0 Å². The summed E-state index contributed by atoms with van der Waals surface area (Å²) in [5, 5.41) is 29.6. The van der Waals surface area contributed by atoms with E-state index < -0.39 is 23.9 Å². The van der Waals surface area contributed by atoms with Crippen molar-refractivity contribution in [2.24, 2.45) is 0 Å². The molecule has 0 saturated heterocycles. The first kappa shape index (κ1) is 23.1. The third-order valence-corrected chi connectivity index (χ3v) is 0.366. The van der Waals surface area contributed by atoms with Crippen molar-refractivity contribution in [3.05, 3.63) is 0 Å². The van der Waals surface area contributed by atoms with Gasteiger partial charge in [-0.25, -0.2) is 19.2 Å². The van der Waals surface area contributed by atoms with Crippen LogP contribution in [0.15, 0.2) is 0 Å². The number of carboxylic acids is 4. The molecular formula is C4H4Co2O8. The first-order valence-corrected chi connectivity index (χ1v) is 2.21. The van der Waals surface area contributed by atoms with E-state index in [-0.39, 0.29) is 33.6 Å². The Hall–Kier alpha value is -1.11. The fourth-order valence-corrected chi connectivity index (χ4v) is 0. The quantitative estimate of drug-likeness (QED) is 0.387. The Morgan fingerprint density at radius 2 is 0.571 bits per heavy atom. The van der Waals surface area contributed by atoms with E-state index in [2.05, 4.69) is 0 Å². The third kappa shape index (κ3) is 22.4. The van der Waals surface area contributed by atoms with Crippen molar-refractivity contribution in [3.63, 3.8) is 0 Å². The predicted octanol–water partition coefficient (Wildman–Crippen LogP) is -1.69. The van der Waals surface area contributed by atoms with E-state index in [4.69, 9.17) is 39.6 Å². The van der Waals surface area contributed by atoms with Crippen LogP contribution >= 0.6 is 0 Å². The third-order valence-electron chi connectivity index (χ3n) is 0.366. The summed E-state index contributed by atoms with van der Waals surface area (Å²) in [7, 11) is 0. The minimum Gasteiger partial charge on any atom is -0.473 e. The van der Waals surface area contributed by atoms with Gasteiger partial charge in [0.15, 0.2) is 0 Å². The maximum atomic E-state index is 9.10. The molecule has 0 amide bonds. The molecule has 0 aliphatic heterocycles. The number of rotatable bonds is 0. The van der Waals surface area contributed by atoms with E-state index in [9.17, 15) is 0 Å². The van der Waals surface area contributed by atoms with Crippen LogP contribution in [-0.2, 0) is 52.7 Å². The largest absolute Gasteiger partial charge is 0.473 e. The SMILES string of the molecule is O=C(O)C(=O)O.O=C(O)C(=O)O.[Co].[Co]. The van der Waals surface area contributed by atoms with E-state index in [0.29, 0.717) is 0 Å². The standard InChI is InChI=1S/2C2H2O4.2Co/c2*3-1(4)2(5)6;;/h2*(H,3,4)(H,5,6);;. The summed E-state index contributed by atoms with van der Waals surface area (Å²) in [6.07, 6.45) is 0. The Morgan fingerprint density at radius 3 is 0.571 bits per heavy atom. The second-order valence-corrected chi connectivity index (χ2v) is 1.22. The van der Waals surface area contributed by atoms with Gasteiger partial charge in [-0.15, -0.1) is 0 Å². The van der Waals surface area contributed by atoms with Crippen molar-refractivity contribution < 1.29 is 73.2 Å². The summed E-state index contributed by atoms with van der Waals surface area (Å²) in [4.78, 5) is 36.4. The van der Waals surface area contributed by atoms with Gasteiger partial charge >= 0.3 is 23.9 Å². The first-order chi connectivity index (χ1) is 5.29. The normalized spacial score (nSPS) is 6.29. The molecule has 0 aromatic rings. The van der Waals surface area contributed by atoms with Gasteiger partial charge in [0.05, 0.1) is 0 Å². The van der Waals surface area contributed by atoms with Crippen LogP contribution in [0.3, 0.4) is 0 Å². The molecule has 2 radical (unpaired) electrons. The van der Waals surface area contributed by atoms with Crippen molar-refractivity contribution in [3.8, 4) is 0 Å². The molecule has 0 rings (SSSR count). The summed E-state index contributed by atoms with van der Waals surface area (Å²) < 4.78 is 0. The second kappa shape index (κ2) is 11.9. The average Bonchev–Trinajstić information content (AvgIpc) is 1.88. The van der Waals surface area contributed by atoms with Crippen LogP contribution in [0.4, 0.5) is 0 Å². The van der Waals surface area contributed by atoms with E-state index in [1.807, 2.05) is 0 Å². The Bertz CT molecular complexity index is 175. The van der Waals surface area contributed by atoms with Gasteiger partial charge in [-0.2, -0.15) is 0 Å². The van der Waals surface area contributed by atoms with Crippen LogP contribution in [0.1, 0.15) is 0 Å². The van der Waals surface area contributed by atoms with Crippen LogP contribution in [0.5, 0.6) is 0 Å². The minimum atomic E-state index is -1.82. The summed E-state index contributed by atoms with van der Waals surface area (Å²) in [5.74, 6) is -7.30. The predicted molar refractivity (Wildman–Crippen MR) is 30.5 cm³/mol. The van der Waals surface area contributed by atoms with Gasteiger partial charge in [0, 0.05) is 33.6 Å². The van der Waals surface area contributed by atoms with Gasteiger partial charge in [-0.05, 0) is 0 Å². The van der Waals surface area contributed by atoms with Crippen molar-refractivity contribution in [2.75, 3.05) is 0 Å². The molecule has 0 aromatic heterocycles. The zero-order valence-electron chi connectivity index (χ0n) is 6.09. The zero-order valence-corrected chi connectivity index (χ0v) is 8.17. The molecule has 0 spiro atoms. The van der Waals surface area contributed by atoms with E-state index >= 15 is 0 Å².